The van der Waals surface area contributed by atoms with Crippen LogP contribution in [0.5, 0.6) is 0 Å². The molecule has 1 aliphatic rings. The van der Waals surface area contributed by atoms with E-state index in [1.54, 1.807) is 6.07 Å². The maximum absolute atomic E-state index is 12.0. The van der Waals surface area contributed by atoms with E-state index in [1.165, 1.54) is 12.1 Å². The highest BCUT2D eigenvalue weighted by Gasteiger charge is 2.30. The lowest BCUT2D eigenvalue weighted by atomic mass is 10.0. The molecule has 1 aromatic carbocycles. The van der Waals surface area contributed by atoms with E-state index in [2.05, 4.69) is 5.32 Å². The largest absolute Gasteiger partial charge is 0.368 e. The number of ether oxygens (including phenoxy) is 1. The highest BCUT2D eigenvalue weighted by atomic mass is 16.5. The van der Waals surface area contributed by atoms with Crippen molar-refractivity contribution in [3.8, 4) is 12.1 Å². The lowest BCUT2D eigenvalue weighted by Crippen LogP contribution is -2.31. The van der Waals surface area contributed by atoms with Gasteiger partial charge in [-0.1, -0.05) is 6.92 Å². The van der Waals surface area contributed by atoms with Gasteiger partial charge in [-0.2, -0.15) is 10.5 Å². The van der Waals surface area contributed by atoms with E-state index >= 15 is 0 Å². The molecule has 2 rings (SSSR count). The van der Waals surface area contributed by atoms with Gasteiger partial charge in [0.25, 0.3) is 5.91 Å². The highest BCUT2D eigenvalue weighted by molar-refractivity contribution is 5.94. The maximum Gasteiger partial charge on any atom is 0.253 e. The number of hydrogen-bond donors (Lipinski definition) is 1. The number of anilines is 1. The van der Waals surface area contributed by atoms with Crippen LogP contribution >= 0.6 is 0 Å². The van der Waals surface area contributed by atoms with Gasteiger partial charge in [-0.25, -0.2) is 0 Å². The minimum absolute atomic E-state index is 0.189. The average Bonchev–Trinajstić information content (AvgIpc) is 2.85. The fourth-order valence-electron chi connectivity index (χ4n) is 2.06. The van der Waals surface area contributed by atoms with Crippen molar-refractivity contribution in [3.63, 3.8) is 0 Å². The number of nitriles is 2. The first-order valence-electron chi connectivity index (χ1n) is 6.02. The summed E-state index contributed by atoms with van der Waals surface area (Å²) in [5, 5.41) is 20.5. The smallest absolute Gasteiger partial charge is 0.253 e. The second-order valence-corrected chi connectivity index (χ2v) is 4.53. The fraction of sp³-hybridized carbons (Fsp3) is 0.357. The summed E-state index contributed by atoms with van der Waals surface area (Å²) in [5.41, 5.74) is 1.05. The monoisotopic (exact) mass is 255 g/mol. The number of nitrogens with one attached hydrogen (secondary N) is 1. The van der Waals surface area contributed by atoms with Gasteiger partial charge >= 0.3 is 0 Å². The molecule has 5 heteroatoms. The van der Waals surface area contributed by atoms with Crippen LogP contribution in [0.4, 0.5) is 5.69 Å². The quantitative estimate of drug-likeness (QED) is 0.872. The van der Waals surface area contributed by atoms with Crippen LogP contribution in [0.2, 0.25) is 0 Å². The molecule has 1 aromatic rings. The molecule has 1 fully saturated rings. The summed E-state index contributed by atoms with van der Waals surface area (Å²) in [4.78, 5) is 12.0. The van der Waals surface area contributed by atoms with E-state index in [0.717, 1.165) is 6.42 Å². The number of amides is 1. The lowest BCUT2D eigenvalue weighted by Gasteiger charge is -2.14. The van der Waals surface area contributed by atoms with Crippen molar-refractivity contribution in [1.82, 2.24) is 0 Å². The number of benzene rings is 1. The first-order valence-corrected chi connectivity index (χ1v) is 6.02. The molecule has 0 spiro atoms. The Bertz CT molecular complexity index is 583. The maximum atomic E-state index is 12.0. The van der Waals surface area contributed by atoms with Crippen LogP contribution in [-0.2, 0) is 9.53 Å². The Morgan fingerprint density at radius 1 is 1.37 bits per heavy atom. The van der Waals surface area contributed by atoms with E-state index < -0.39 is 6.10 Å². The Hall–Kier alpha value is -2.37. The molecule has 5 nitrogen and oxygen atoms in total. The average molecular weight is 255 g/mol. The molecule has 1 saturated heterocycles. The number of rotatable bonds is 2. The molecule has 19 heavy (non-hydrogen) atoms. The summed E-state index contributed by atoms with van der Waals surface area (Å²) in [6.45, 7) is 2.56. The second kappa shape index (κ2) is 5.51. The number of nitrogens with zero attached hydrogens (tertiary/aromatic N) is 2. The highest BCUT2D eigenvalue weighted by Crippen LogP contribution is 2.22. The number of carbonyl (C=O) groups is 1. The van der Waals surface area contributed by atoms with Crippen LogP contribution in [-0.4, -0.2) is 18.6 Å². The summed E-state index contributed by atoms with van der Waals surface area (Å²) >= 11 is 0. The predicted molar refractivity (Wildman–Crippen MR) is 68.0 cm³/mol. The van der Waals surface area contributed by atoms with Gasteiger partial charge in [0.05, 0.1) is 11.1 Å². The topological polar surface area (TPSA) is 85.9 Å². The zero-order valence-corrected chi connectivity index (χ0v) is 10.5. The van der Waals surface area contributed by atoms with Gasteiger partial charge in [0.1, 0.15) is 18.2 Å². The molecule has 1 heterocycles. The van der Waals surface area contributed by atoms with E-state index in [4.69, 9.17) is 15.3 Å². The van der Waals surface area contributed by atoms with Gasteiger partial charge in [-0.05, 0) is 30.5 Å². The summed E-state index contributed by atoms with van der Waals surface area (Å²) in [6.07, 6.45) is 0.427. The lowest BCUT2D eigenvalue weighted by molar-refractivity contribution is -0.126. The molecule has 1 N–H and O–H groups in total. The molecular formula is C14H13N3O2. The molecule has 0 radical (unpaired) electrons. The van der Waals surface area contributed by atoms with Crippen molar-refractivity contribution in [3.05, 3.63) is 29.3 Å². The minimum atomic E-state index is -0.443. The normalized spacial score (nSPS) is 21.4. The van der Waals surface area contributed by atoms with E-state index in [-0.39, 0.29) is 17.4 Å². The van der Waals surface area contributed by atoms with Crippen molar-refractivity contribution in [2.75, 3.05) is 11.9 Å². The van der Waals surface area contributed by atoms with E-state index in [0.29, 0.717) is 17.9 Å². The molecule has 96 valence electrons. The van der Waals surface area contributed by atoms with Crippen LogP contribution in [0.15, 0.2) is 18.2 Å². The Morgan fingerprint density at radius 2 is 2.11 bits per heavy atom. The zero-order chi connectivity index (χ0) is 13.8. The van der Waals surface area contributed by atoms with Crippen LogP contribution in [0.25, 0.3) is 0 Å². The Morgan fingerprint density at radius 3 is 2.68 bits per heavy atom. The summed E-state index contributed by atoms with van der Waals surface area (Å²) < 4.78 is 5.37. The van der Waals surface area contributed by atoms with E-state index in [1.807, 2.05) is 19.1 Å². The first kappa shape index (κ1) is 13.1. The number of carbonyl (C=O) groups excluding carboxylic acids is 1. The van der Waals surface area contributed by atoms with Gasteiger partial charge in [-0.15, -0.1) is 0 Å². The SMILES string of the molecule is CC1CCOC1C(=O)Nc1ccc(C#N)c(C#N)c1. The Labute approximate surface area is 111 Å². The third-order valence-electron chi connectivity index (χ3n) is 3.17. The molecule has 0 saturated carbocycles. The molecule has 2 atom stereocenters. The van der Waals surface area contributed by atoms with Crippen LogP contribution < -0.4 is 5.32 Å². The van der Waals surface area contributed by atoms with Crippen LogP contribution in [0, 0.1) is 28.6 Å². The Balaban J connectivity index is 2.14. The van der Waals surface area contributed by atoms with Crippen molar-refractivity contribution in [1.29, 1.82) is 10.5 Å². The van der Waals surface area contributed by atoms with Gasteiger partial charge in [-0.3, -0.25) is 4.79 Å². The molecular weight excluding hydrogens is 242 g/mol. The van der Waals surface area contributed by atoms with Crippen molar-refractivity contribution >= 4 is 11.6 Å². The molecule has 2 unspecified atom stereocenters. The Kier molecular flexibility index (Phi) is 3.79. The van der Waals surface area contributed by atoms with Crippen molar-refractivity contribution in [2.24, 2.45) is 5.92 Å². The minimum Gasteiger partial charge on any atom is -0.368 e. The summed E-state index contributed by atoms with van der Waals surface area (Å²) in [7, 11) is 0. The van der Waals surface area contributed by atoms with Gasteiger partial charge in [0.2, 0.25) is 0 Å². The summed E-state index contributed by atoms with van der Waals surface area (Å²) in [5.74, 6) is -0.0209. The van der Waals surface area contributed by atoms with Crippen molar-refractivity contribution in [2.45, 2.75) is 19.4 Å². The van der Waals surface area contributed by atoms with Crippen LogP contribution in [0.3, 0.4) is 0 Å². The van der Waals surface area contributed by atoms with Crippen LogP contribution in [0.1, 0.15) is 24.5 Å². The van der Waals surface area contributed by atoms with Crippen molar-refractivity contribution < 1.29 is 9.53 Å². The summed E-state index contributed by atoms with van der Waals surface area (Å²) in [6, 6.07) is 8.49. The zero-order valence-electron chi connectivity index (χ0n) is 10.5. The first-order chi connectivity index (χ1) is 9.15. The van der Waals surface area contributed by atoms with Gasteiger partial charge in [0.15, 0.2) is 0 Å². The molecule has 0 bridgehead atoms. The molecule has 0 aliphatic carbocycles. The molecule has 1 aliphatic heterocycles. The van der Waals surface area contributed by atoms with Gasteiger partial charge < -0.3 is 10.1 Å². The predicted octanol–water partition coefficient (Wildman–Crippen LogP) is 1.79. The van der Waals surface area contributed by atoms with E-state index in [9.17, 15) is 4.79 Å². The third kappa shape index (κ3) is 2.73. The standard InChI is InChI=1S/C14H13N3O2/c1-9-4-5-19-13(9)14(18)17-12-3-2-10(7-15)11(6-12)8-16/h2-3,6,9,13H,4-5H2,1H3,(H,17,18). The fourth-order valence-corrected chi connectivity index (χ4v) is 2.06. The molecule has 1 amide bonds. The number of hydrogen-bond acceptors (Lipinski definition) is 4. The molecule has 0 aromatic heterocycles. The van der Waals surface area contributed by atoms with Gasteiger partial charge in [0, 0.05) is 12.3 Å². The second-order valence-electron chi connectivity index (χ2n) is 4.53. The third-order valence-corrected chi connectivity index (χ3v) is 3.17.